The third-order valence-corrected chi connectivity index (χ3v) is 5.14. The lowest BCUT2D eigenvalue weighted by atomic mass is 10.2. The van der Waals surface area contributed by atoms with Gasteiger partial charge in [0.15, 0.2) is 0 Å². The highest BCUT2D eigenvalue weighted by atomic mass is 32.1. The summed E-state index contributed by atoms with van der Waals surface area (Å²) < 4.78 is 13.9. The number of likely N-dealkylation sites (N-methyl/N-ethyl adjacent to an activating group) is 1. The molecule has 24 heavy (non-hydrogen) atoms. The SMILES string of the molecule is Cc1nc(CN2C[C@@H](F)C[C@H]2CN(C)C(=O)Cc2ccn[nH]2)cs1. The molecular formula is C16H22FN5OS. The van der Waals surface area contributed by atoms with E-state index in [1.165, 1.54) is 0 Å². The van der Waals surface area contributed by atoms with E-state index in [0.29, 0.717) is 26.1 Å². The van der Waals surface area contributed by atoms with Gasteiger partial charge in [-0.05, 0) is 19.4 Å². The first-order valence-corrected chi connectivity index (χ1v) is 8.90. The zero-order valence-electron chi connectivity index (χ0n) is 13.9. The summed E-state index contributed by atoms with van der Waals surface area (Å²) in [5.74, 6) is 0.00557. The van der Waals surface area contributed by atoms with Gasteiger partial charge < -0.3 is 4.90 Å². The van der Waals surface area contributed by atoms with Crippen LogP contribution in [0.25, 0.3) is 0 Å². The van der Waals surface area contributed by atoms with Gasteiger partial charge in [0.25, 0.3) is 0 Å². The lowest BCUT2D eigenvalue weighted by Gasteiger charge is -2.28. The Morgan fingerprint density at radius 1 is 1.58 bits per heavy atom. The molecule has 0 radical (unpaired) electrons. The highest BCUT2D eigenvalue weighted by Crippen LogP contribution is 2.24. The number of nitrogens with zero attached hydrogens (tertiary/aromatic N) is 4. The van der Waals surface area contributed by atoms with Gasteiger partial charge in [0.05, 0.1) is 17.1 Å². The predicted molar refractivity (Wildman–Crippen MR) is 90.5 cm³/mol. The zero-order chi connectivity index (χ0) is 17.1. The van der Waals surface area contributed by atoms with Crippen molar-refractivity contribution >= 4 is 17.2 Å². The third kappa shape index (κ3) is 4.18. The number of hydrogen-bond donors (Lipinski definition) is 1. The average Bonchev–Trinajstić information content (AvgIpc) is 3.23. The van der Waals surface area contributed by atoms with Crippen molar-refractivity contribution in [3.05, 3.63) is 34.0 Å². The molecular weight excluding hydrogens is 329 g/mol. The normalized spacial score (nSPS) is 21.3. The summed E-state index contributed by atoms with van der Waals surface area (Å²) in [7, 11) is 1.77. The number of amides is 1. The summed E-state index contributed by atoms with van der Waals surface area (Å²) in [6.45, 7) is 3.54. The molecule has 130 valence electrons. The molecule has 1 amide bonds. The number of thiazole rings is 1. The summed E-state index contributed by atoms with van der Waals surface area (Å²) in [4.78, 5) is 20.5. The number of alkyl halides is 1. The van der Waals surface area contributed by atoms with E-state index >= 15 is 0 Å². The number of likely N-dealkylation sites (tertiary alicyclic amines) is 1. The Balaban J connectivity index is 1.58. The number of carbonyl (C=O) groups is 1. The van der Waals surface area contributed by atoms with Crippen molar-refractivity contribution in [1.82, 2.24) is 25.0 Å². The average molecular weight is 351 g/mol. The molecule has 0 unspecified atom stereocenters. The fourth-order valence-corrected chi connectivity index (χ4v) is 3.70. The van der Waals surface area contributed by atoms with Crippen molar-refractivity contribution < 1.29 is 9.18 Å². The quantitative estimate of drug-likeness (QED) is 0.862. The minimum Gasteiger partial charge on any atom is -0.344 e. The number of halogens is 1. The van der Waals surface area contributed by atoms with E-state index in [-0.39, 0.29) is 18.4 Å². The lowest BCUT2D eigenvalue weighted by molar-refractivity contribution is -0.129. The van der Waals surface area contributed by atoms with E-state index < -0.39 is 6.17 Å². The maximum absolute atomic E-state index is 13.9. The van der Waals surface area contributed by atoms with Crippen LogP contribution in [0, 0.1) is 6.92 Å². The van der Waals surface area contributed by atoms with E-state index in [9.17, 15) is 9.18 Å². The Morgan fingerprint density at radius 2 is 2.42 bits per heavy atom. The molecule has 1 N–H and O–H groups in total. The standard InChI is InChI=1S/C16H22FN5OS/c1-11-19-14(10-24-11)8-22-7-12(17)5-15(22)9-21(2)16(23)6-13-3-4-18-20-13/h3-4,10,12,15H,5-9H2,1-2H3,(H,18,20)/t12-,15-/m0/s1. The maximum Gasteiger partial charge on any atom is 0.228 e. The van der Waals surface area contributed by atoms with Crippen LogP contribution in [0.2, 0.25) is 0 Å². The molecule has 0 saturated carbocycles. The molecule has 3 heterocycles. The van der Waals surface area contributed by atoms with Gasteiger partial charge in [-0.15, -0.1) is 11.3 Å². The topological polar surface area (TPSA) is 65.1 Å². The number of rotatable bonds is 6. The predicted octanol–water partition coefficient (Wildman–Crippen LogP) is 1.79. The minimum absolute atomic E-state index is 0.00557. The molecule has 1 fully saturated rings. The van der Waals surface area contributed by atoms with Crippen LogP contribution in [-0.2, 0) is 17.8 Å². The Morgan fingerprint density at radius 3 is 3.08 bits per heavy atom. The zero-order valence-corrected chi connectivity index (χ0v) is 14.7. The van der Waals surface area contributed by atoms with Crippen LogP contribution in [0.1, 0.15) is 22.8 Å². The second-order valence-corrected chi connectivity index (χ2v) is 7.37. The second kappa shape index (κ2) is 7.40. The van der Waals surface area contributed by atoms with Crippen LogP contribution in [0.5, 0.6) is 0 Å². The van der Waals surface area contributed by atoms with Crippen molar-refractivity contribution in [3.8, 4) is 0 Å². The van der Waals surface area contributed by atoms with Gasteiger partial charge in [-0.1, -0.05) is 0 Å². The van der Waals surface area contributed by atoms with Crippen LogP contribution in [0.4, 0.5) is 4.39 Å². The number of carbonyl (C=O) groups excluding carboxylic acids is 1. The van der Waals surface area contributed by atoms with Crippen molar-refractivity contribution in [2.24, 2.45) is 0 Å². The van der Waals surface area contributed by atoms with Crippen molar-refractivity contribution in [3.63, 3.8) is 0 Å². The molecule has 2 aromatic heterocycles. The monoisotopic (exact) mass is 351 g/mol. The molecule has 0 spiro atoms. The molecule has 2 aromatic rings. The first-order valence-electron chi connectivity index (χ1n) is 8.02. The molecule has 1 saturated heterocycles. The van der Waals surface area contributed by atoms with Crippen LogP contribution in [0.15, 0.2) is 17.6 Å². The van der Waals surface area contributed by atoms with Crippen LogP contribution in [-0.4, -0.2) is 63.2 Å². The number of aromatic amines is 1. The smallest absolute Gasteiger partial charge is 0.228 e. The molecule has 8 heteroatoms. The number of nitrogens with one attached hydrogen (secondary N) is 1. The maximum atomic E-state index is 13.9. The first-order chi connectivity index (χ1) is 11.5. The van der Waals surface area contributed by atoms with E-state index in [1.54, 1.807) is 35.5 Å². The first kappa shape index (κ1) is 17.0. The van der Waals surface area contributed by atoms with E-state index in [2.05, 4.69) is 20.1 Å². The number of aryl methyl sites for hydroxylation is 1. The van der Waals surface area contributed by atoms with Crippen molar-refractivity contribution in [2.75, 3.05) is 20.1 Å². The summed E-state index contributed by atoms with van der Waals surface area (Å²) in [6.07, 6.45) is 1.54. The molecule has 0 bridgehead atoms. The Bertz CT molecular complexity index is 674. The lowest BCUT2D eigenvalue weighted by Crippen LogP contribution is -2.41. The van der Waals surface area contributed by atoms with Crippen LogP contribution in [0.3, 0.4) is 0 Å². The van der Waals surface area contributed by atoms with Gasteiger partial charge in [0.2, 0.25) is 5.91 Å². The van der Waals surface area contributed by atoms with Gasteiger partial charge in [0, 0.05) is 50.0 Å². The van der Waals surface area contributed by atoms with Gasteiger partial charge in [0.1, 0.15) is 6.17 Å². The van der Waals surface area contributed by atoms with E-state index in [4.69, 9.17) is 0 Å². The fourth-order valence-electron chi connectivity index (χ4n) is 3.09. The van der Waals surface area contributed by atoms with Crippen LogP contribution < -0.4 is 0 Å². The molecule has 2 atom stereocenters. The van der Waals surface area contributed by atoms with Crippen molar-refractivity contribution in [2.45, 2.75) is 38.5 Å². The van der Waals surface area contributed by atoms with Crippen LogP contribution >= 0.6 is 11.3 Å². The Labute approximate surface area is 144 Å². The number of hydrogen-bond acceptors (Lipinski definition) is 5. The Kier molecular flexibility index (Phi) is 5.25. The molecule has 1 aliphatic heterocycles. The number of aromatic nitrogens is 3. The molecule has 6 nitrogen and oxygen atoms in total. The summed E-state index contributed by atoms with van der Waals surface area (Å²) in [5.41, 5.74) is 1.76. The van der Waals surface area contributed by atoms with Gasteiger partial charge >= 0.3 is 0 Å². The summed E-state index contributed by atoms with van der Waals surface area (Å²) in [5, 5.41) is 9.68. The highest BCUT2D eigenvalue weighted by Gasteiger charge is 2.33. The number of H-pyrrole nitrogens is 1. The highest BCUT2D eigenvalue weighted by molar-refractivity contribution is 7.09. The van der Waals surface area contributed by atoms with Crippen molar-refractivity contribution in [1.29, 1.82) is 0 Å². The van der Waals surface area contributed by atoms with Gasteiger partial charge in [-0.3, -0.25) is 14.8 Å². The van der Waals surface area contributed by atoms with Gasteiger partial charge in [-0.25, -0.2) is 9.37 Å². The third-order valence-electron chi connectivity index (χ3n) is 4.32. The summed E-state index contributed by atoms with van der Waals surface area (Å²) in [6, 6.07) is 1.81. The fraction of sp³-hybridized carbons (Fsp3) is 0.562. The van der Waals surface area contributed by atoms with Gasteiger partial charge in [-0.2, -0.15) is 5.10 Å². The summed E-state index contributed by atoms with van der Waals surface area (Å²) >= 11 is 1.61. The molecule has 0 aromatic carbocycles. The molecule has 0 aliphatic carbocycles. The minimum atomic E-state index is -0.842. The second-order valence-electron chi connectivity index (χ2n) is 6.31. The molecule has 3 rings (SSSR count). The van der Waals surface area contributed by atoms with E-state index in [0.717, 1.165) is 16.4 Å². The molecule has 1 aliphatic rings. The van der Waals surface area contributed by atoms with E-state index in [1.807, 2.05) is 12.3 Å². The Hall–Kier alpha value is -1.80. The largest absolute Gasteiger partial charge is 0.344 e.